The van der Waals surface area contributed by atoms with Gasteiger partial charge in [-0.2, -0.15) is 4.98 Å². The van der Waals surface area contributed by atoms with Gasteiger partial charge in [-0.25, -0.2) is 9.97 Å². The highest BCUT2D eigenvalue weighted by molar-refractivity contribution is 5.77. The molecule has 0 atom stereocenters. The zero-order valence-electron chi connectivity index (χ0n) is 17.2. The molecule has 0 aliphatic carbocycles. The largest absolute Gasteiger partial charge is 0.474 e. The van der Waals surface area contributed by atoms with Crippen LogP contribution in [0.1, 0.15) is 30.8 Å². The monoisotopic (exact) mass is 407 g/mol. The standard InChI is InChI=1S/C22H25N5O3/c1-15-13-20(25-16(2)24-15)30-17-7-10-26(11-8-17)21(28)9-12-27-14-23-19-6-4-3-5-18(19)22(27)29/h3-6,13-14,17H,7-12H2,1-2H3. The fourth-order valence-corrected chi connectivity index (χ4v) is 3.78. The number of fused-ring (bicyclic) bond motifs is 1. The maximum Gasteiger partial charge on any atom is 0.261 e. The molecule has 1 saturated heterocycles. The summed E-state index contributed by atoms with van der Waals surface area (Å²) in [7, 11) is 0. The number of aryl methyl sites for hydroxylation is 3. The average molecular weight is 407 g/mol. The molecule has 1 aliphatic heterocycles. The molecule has 0 spiro atoms. The van der Waals surface area contributed by atoms with Crippen molar-refractivity contribution < 1.29 is 9.53 Å². The highest BCUT2D eigenvalue weighted by atomic mass is 16.5. The topological polar surface area (TPSA) is 90.2 Å². The van der Waals surface area contributed by atoms with E-state index >= 15 is 0 Å². The summed E-state index contributed by atoms with van der Waals surface area (Å²) < 4.78 is 7.50. The number of nitrogens with zero attached hydrogens (tertiary/aromatic N) is 5. The summed E-state index contributed by atoms with van der Waals surface area (Å²) in [4.78, 5) is 39.9. The van der Waals surface area contributed by atoms with Gasteiger partial charge >= 0.3 is 0 Å². The SMILES string of the molecule is Cc1cc(OC2CCN(C(=O)CCn3cnc4ccccc4c3=O)CC2)nc(C)n1. The average Bonchev–Trinajstić information content (AvgIpc) is 2.73. The van der Waals surface area contributed by atoms with Crippen LogP contribution in [0.5, 0.6) is 5.88 Å². The van der Waals surface area contributed by atoms with Gasteiger partial charge in [0.15, 0.2) is 0 Å². The van der Waals surface area contributed by atoms with E-state index in [0.717, 1.165) is 18.5 Å². The Morgan fingerprint density at radius 3 is 2.70 bits per heavy atom. The maximum absolute atomic E-state index is 12.6. The Morgan fingerprint density at radius 1 is 1.17 bits per heavy atom. The molecule has 2 aromatic heterocycles. The lowest BCUT2D eigenvalue weighted by atomic mass is 10.1. The number of para-hydroxylation sites is 1. The van der Waals surface area contributed by atoms with Crippen molar-refractivity contribution in [2.24, 2.45) is 0 Å². The number of carbonyl (C=O) groups excluding carboxylic acids is 1. The Kier molecular flexibility index (Phi) is 5.74. The van der Waals surface area contributed by atoms with E-state index in [9.17, 15) is 9.59 Å². The van der Waals surface area contributed by atoms with Gasteiger partial charge in [0, 0.05) is 50.7 Å². The lowest BCUT2D eigenvalue weighted by Gasteiger charge is -2.32. The number of piperidine rings is 1. The molecule has 8 heteroatoms. The van der Waals surface area contributed by atoms with E-state index < -0.39 is 0 Å². The molecule has 156 valence electrons. The van der Waals surface area contributed by atoms with Gasteiger partial charge < -0.3 is 9.64 Å². The molecule has 0 unspecified atom stereocenters. The van der Waals surface area contributed by atoms with Gasteiger partial charge in [0.1, 0.15) is 11.9 Å². The van der Waals surface area contributed by atoms with Gasteiger partial charge in [-0.15, -0.1) is 0 Å². The van der Waals surface area contributed by atoms with Crippen LogP contribution in [0.2, 0.25) is 0 Å². The molecule has 3 aromatic rings. The third kappa shape index (κ3) is 4.48. The van der Waals surface area contributed by atoms with Crippen LogP contribution in [0.25, 0.3) is 10.9 Å². The molecule has 0 bridgehead atoms. The van der Waals surface area contributed by atoms with E-state index in [1.807, 2.05) is 43.0 Å². The van der Waals surface area contributed by atoms with Crippen molar-refractivity contribution in [3.63, 3.8) is 0 Å². The molecular weight excluding hydrogens is 382 g/mol. The van der Waals surface area contributed by atoms with E-state index in [1.165, 1.54) is 10.9 Å². The van der Waals surface area contributed by atoms with Crippen molar-refractivity contribution in [3.05, 3.63) is 58.5 Å². The molecule has 0 N–H and O–H groups in total. The van der Waals surface area contributed by atoms with E-state index in [0.29, 0.717) is 42.2 Å². The van der Waals surface area contributed by atoms with Crippen molar-refractivity contribution in [1.29, 1.82) is 0 Å². The highest BCUT2D eigenvalue weighted by Gasteiger charge is 2.24. The third-order valence-corrected chi connectivity index (χ3v) is 5.32. The Morgan fingerprint density at radius 2 is 1.93 bits per heavy atom. The molecule has 0 saturated carbocycles. The van der Waals surface area contributed by atoms with Gasteiger partial charge in [0.25, 0.3) is 5.56 Å². The quantitative estimate of drug-likeness (QED) is 0.644. The Hall–Kier alpha value is -3.29. The van der Waals surface area contributed by atoms with Gasteiger partial charge in [0.05, 0.1) is 17.2 Å². The fraction of sp³-hybridized carbons (Fsp3) is 0.409. The molecule has 4 rings (SSSR count). The zero-order chi connectivity index (χ0) is 21.1. The maximum atomic E-state index is 12.6. The highest BCUT2D eigenvalue weighted by Crippen LogP contribution is 2.18. The van der Waals surface area contributed by atoms with Crippen LogP contribution in [0.3, 0.4) is 0 Å². The summed E-state index contributed by atoms with van der Waals surface area (Å²) in [5.74, 6) is 1.33. The van der Waals surface area contributed by atoms with Crippen LogP contribution in [-0.2, 0) is 11.3 Å². The normalized spacial score (nSPS) is 14.8. The number of hydrogen-bond donors (Lipinski definition) is 0. The van der Waals surface area contributed by atoms with Crippen LogP contribution >= 0.6 is 0 Å². The number of carbonyl (C=O) groups is 1. The number of ether oxygens (including phenoxy) is 1. The first-order valence-corrected chi connectivity index (χ1v) is 10.2. The zero-order valence-corrected chi connectivity index (χ0v) is 17.2. The van der Waals surface area contributed by atoms with Crippen molar-refractivity contribution in [2.75, 3.05) is 13.1 Å². The first kappa shape index (κ1) is 20.0. The molecule has 1 fully saturated rings. The van der Waals surface area contributed by atoms with E-state index in [1.54, 1.807) is 6.07 Å². The minimum atomic E-state index is -0.115. The first-order valence-electron chi connectivity index (χ1n) is 10.2. The van der Waals surface area contributed by atoms with Gasteiger partial charge in [-0.3, -0.25) is 14.2 Å². The summed E-state index contributed by atoms with van der Waals surface area (Å²) in [6.07, 6.45) is 3.34. The smallest absolute Gasteiger partial charge is 0.261 e. The molecule has 1 aliphatic rings. The molecule has 0 radical (unpaired) electrons. The van der Waals surface area contributed by atoms with Crippen LogP contribution in [0.15, 0.2) is 41.5 Å². The second-order valence-electron chi connectivity index (χ2n) is 7.60. The van der Waals surface area contributed by atoms with Crippen molar-refractivity contribution in [2.45, 2.75) is 45.8 Å². The molecule has 1 amide bonds. The predicted octanol–water partition coefficient (Wildman–Crippen LogP) is 2.26. The Balaban J connectivity index is 1.30. The Labute approximate surface area is 174 Å². The second kappa shape index (κ2) is 8.61. The lowest BCUT2D eigenvalue weighted by Crippen LogP contribution is -2.42. The predicted molar refractivity (Wildman–Crippen MR) is 112 cm³/mol. The fourth-order valence-electron chi connectivity index (χ4n) is 3.78. The molecular formula is C22H25N5O3. The molecule has 3 heterocycles. The van der Waals surface area contributed by atoms with Crippen molar-refractivity contribution >= 4 is 16.8 Å². The van der Waals surface area contributed by atoms with Gasteiger partial charge in [0.2, 0.25) is 11.8 Å². The number of rotatable bonds is 5. The van der Waals surface area contributed by atoms with Crippen LogP contribution in [0, 0.1) is 13.8 Å². The number of likely N-dealkylation sites (tertiary alicyclic amines) is 1. The summed E-state index contributed by atoms with van der Waals surface area (Å²) in [6, 6.07) is 9.07. The molecule has 1 aromatic carbocycles. The number of hydrogen-bond acceptors (Lipinski definition) is 6. The third-order valence-electron chi connectivity index (χ3n) is 5.32. The molecule has 8 nitrogen and oxygen atoms in total. The first-order chi connectivity index (χ1) is 14.5. The second-order valence-corrected chi connectivity index (χ2v) is 7.60. The minimum absolute atomic E-state index is 0.0371. The Bertz CT molecular complexity index is 1100. The molecule has 30 heavy (non-hydrogen) atoms. The van der Waals surface area contributed by atoms with Gasteiger partial charge in [-0.05, 0) is 26.0 Å². The van der Waals surface area contributed by atoms with E-state index in [-0.39, 0.29) is 24.0 Å². The summed E-state index contributed by atoms with van der Waals surface area (Å²) in [6.45, 7) is 5.36. The van der Waals surface area contributed by atoms with Gasteiger partial charge in [-0.1, -0.05) is 12.1 Å². The lowest BCUT2D eigenvalue weighted by molar-refractivity contribution is -0.133. The van der Waals surface area contributed by atoms with Crippen molar-refractivity contribution in [3.8, 4) is 5.88 Å². The van der Waals surface area contributed by atoms with E-state index in [2.05, 4.69) is 15.0 Å². The summed E-state index contributed by atoms with van der Waals surface area (Å²) in [5.41, 5.74) is 1.43. The van der Waals surface area contributed by atoms with Crippen molar-refractivity contribution in [1.82, 2.24) is 24.4 Å². The van der Waals surface area contributed by atoms with E-state index in [4.69, 9.17) is 4.74 Å². The van der Waals surface area contributed by atoms with Crippen LogP contribution in [-0.4, -0.2) is 49.5 Å². The minimum Gasteiger partial charge on any atom is -0.474 e. The summed E-state index contributed by atoms with van der Waals surface area (Å²) in [5, 5.41) is 0.570. The summed E-state index contributed by atoms with van der Waals surface area (Å²) >= 11 is 0. The number of aromatic nitrogens is 4. The van der Waals surface area contributed by atoms with Crippen LogP contribution in [0.4, 0.5) is 0 Å². The number of amides is 1. The number of benzene rings is 1. The van der Waals surface area contributed by atoms with Crippen LogP contribution < -0.4 is 10.3 Å².